The fourth-order valence-corrected chi connectivity index (χ4v) is 3.98. The predicted molar refractivity (Wildman–Crippen MR) is 139 cm³/mol. The summed E-state index contributed by atoms with van der Waals surface area (Å²) in [4.78, 5) is 37.4. The number of rotatable bonds is 7. The number of nitrogens with zero attached hydrogens (tertiary/aromatic N) is 5. The zero-order valence-corrected chi connectivity index (χ0v) is 20.6. The number of benzene rings is 2. The molecule has 0 bridgehead atoms. The Hall–Kier alpha value is -4.16. The fourth-order valence-electron chi connectivity index (χ4n) is 3.85. The molecule has 36 heavy (non-hydrogen) atoms. The van der Waals surface area contributed by atoms with Crippen LogP contribution in [0.2, 0.25) is 5.02 Å². The first-order valence-corrected chi connectivity index (χ1v) is 12.0. The zero-order valence-electron chi connectivity index (χ0n) is 19.9. The van der Waals surface area contributed by atoms with Crippen molar-refractivity contribution in [3.05, 3.63) is 70.7 Å². The van der Waals surface area contributed by atoms with Gasteiger partial charge >= 0.3 is 0 Å². The molecule has 0 unspecified atom stereocenters. The van der Waals surface area contributed by atoms with Crippen molar-refractivity contribution in [3.63, 3.8) is 0 Å². The molecule has 1 aliphatic heterocycles. The number of hydrogen-bond donors (Lipinski definition) is 2. The fraction of sp³-hybridized carbons (Fsp3) is 0.269. The molecule has 1 saturated heterocycles. The van der Waals surface area contributed by atoms with E-state index >= 15 is 0 Å². The van der Waals surface area contributed by atoms with Gasteiger partial charge in [0.2, 0.25) is 5.91 Å². The molecule has 4 rings (SSSR count). The topological polar surface area (TPSA) is 114 Å². The summed E-state index contributed by atoms with van der Waals surface area (Å²) in [6, 6.07) is 18.0. The van der Waals surface area contributed by atoms with Crippen molar-refractivity contribution < 1.29 is 9.59 Å². The predicted octanol–water partition coefficient (Wildman–Crippen LogP) is 3.18. The SMILES string of the molecule is CC(=O)NCCNc1cc(N2CCN(C(=O)c3ccc(C#N)cc3)CC2)nc(-c2ccc(Cl)cc2)n1. The maximum Gasteiger partial charge on any atom is 0.253 e. The van der Waals surface area contributed by atoms with Gasteiger partial charge in [-0.15, -0.1) is 0 Å². The normalized spacial score (nSPS) is 13.1. The van der Waals surface area contributed by atoms with E-state index < -0.39 is 0 Å². The Labute approximate surface area is 214 Å². The van der Waals surface area contributed by atoms with Crippen LogP contribution in [0, 0.1) is 11.3 Å². The van der Waals surface area contributed by atoms with Crippen molar-refractivity contribution in [1.29, 1.82) is 5.26 Å². The Kier molecular flexibility index (Phi) is 7.98. The number of aromatic nitrogens is 2. The van der Waals surface area contributed by atoms with Gasteiger partial charge < -0.3 is 20.4 Å². The number of halogens is 1. The van der Waals surface area contributed by atoms with Crippen LogP contribution in [0.5, 0.6) is 0 Å². The molecule has 9 nitrogen and oxygen atoms in total. The Morgan fingerprint density at radius 3 is 2.33 bits per heavy atom. The number of hydrogen-bond acceptors (Lipinski definition) is 7. The lowest BCUT2D eigenvalue weighted by Crippen LogP contribution is -2.49. The van der Waals surface area contributed by atoms with Crippen molar-refractivity contribution >= 4 is 35.1 Å². The third kappa shape index (κ3) is 6.29. The van der Waals surface area contributed by atoms with E-state index in [1.165, 1.54) is 6.92 Å². The molecule has 10 heteroatoms. The van der Waals surface area contributed by atoms with Gasteiger partial charge in [0.25, 0.3) is 5.91 Å². The number of carbonyl (C=O) groups excluding carboxylic acids is 2. The Balaban J connectivity index is 1.48. The van der Waals surface area contributed by atoms with Gasteiger partial charge in [-0.25, -0.2) is 9.97 Å². The zero-order chi connectivity index (χ0) is 25.5. The number of anilines is 2. The first-order valence-electron chi connectivity index (χ1n) is 11.6. The molecule has 1 aromatic heterocycles. The Morgan fingerprint density at radius 2 is 1.69 bits per heavy atom. The first kappa shape index (κ1) is 24.9. The van der Waals surface area contributed by atoms with Gasteiger partial charge in [0, 0.05) is 68.4 Å². The monoisotopic (exact) mass is 503 g/mol. The Bertz CT molecular complexity index is 1260. The highest BCUT2D eigenvalue weighted by Gasteiger charge is 2.24. The molecule has 0 atom stereocenters. The second-order valence-corrected chi connectivity index (χ2v) is 8.76. The van der Waals surface area contributed by atoms with Gasteiger partial charge in [-0.1, -0.05) is 11.6 Å². The summed E-state index contributed by atoms with van der Waals surface area (Å²) in [5, 5.41) is 15.6. The highest BCUT2D eigenvalue weighted by Crippen LogP contribution is 2.25. The molecule has 0 aliphatic carbocycles. The third-order valence-corrected chi connectivity index (χ3v) is 6.02. The lowest BCUT2D eigenvalue weighted by Gasteiger charge is -2.35. The number of carbonyl (C=O) groups is 2. The molecule has 2 aromatic carbocycles. The van der Waals surface area contributed by atoms with Gasteiger partial charge in [-0.3, -0.25) is 9.59 Å². The van der Waals surface area contributed by atoms with E-state index in [4.69, 9.17) is 21.8 Å². The molecule has 0 spiro atoms. The van der Waals surface area contributed by atoms with E-state index in [2.05, 4.69) is 26.6 Å². The van der Waals surface area contributed by atoms with E-state index in [-0.39, 0.29) is 11.8 Å². The minimum Gasteiger partial charge on any atom is -0.368 e. The molecular weight excluding hydrogens is 478 g/mol. The highest BCUT2D eigenvalue weighted by molar-refractivity contribution is 6.30. The quantitative estimate of drug-likeness (QED) is 0.476. The summed E-state index contributed by atoms with van der Waals surface area (Å²) in [7, 11) is 0. The van der Waals surface area contributed by atoms with E-state index in [1.54, 1.807) is 36.4 Å². The van der Waals surface area contributed by atoms with Crippen molar-refractivity contribution in [2.24, 2.45) is 0 Å². The summed E-state index contributed by atoms with van der Waals surface area (Å²) in [5.41, 5.74) is 1.93. The smallest absolute Gasteiger partial charge is 0.253 e. The molecule has 2 heterocycles. The van der Waals surface area contributed by atoms with Gasteiger partial charge in [0.05, 0.1) is 11.6 Å². The number of nitriles is 1. The van der Waals surface area contributed by atoms with Crippen molar-refractivity contribution in [2.75, 3.05) is 49.5 Å². The van der Waals surface area contributed by atoms with Crippen LogP contribution in [0.3, 0.4) is 0 Å². The molecule has 2 N–H and O–H groups in total. The molecule has 3 aromatic rings. The lowest BCUT2D eigenvalue weighted by atomic mass is 10.1. The molecular formula is C26H26ClN7O2. The minimum absolute atomic E-state index is 0.0518. The van der Waals surface area contributed by atoms with Crippen LogP contribution < -0.4 is 15.5 Å². The standard InChI is InChI=1S/C26H26ClN7O2/c1-18(35)29-10-11-30-23-16-24(32-25(31-23)20-6-8-22(27)9-7-20)33-12-14-34(15-13-33)26(36)21-4-2-19(17-28)3-5-21/h2-9,16H,10-15H2,1H3,(H,29,35)(H,30,31,32). The second kappa shape index (κ2) is 11.5. The van der Waals surface area contributed by atoms with Crippen LogP contribution in [0.4, 0.5) is 11.6 Å². The Morgan fingerprint density at radius 1 is 1.00 bits per heavy atom. The second-order valence-electron chi connectivity index (χ2n) is 8.32. The maximum atomic E-state index is 12.9. The van der Waals surface area contributed by atoms with E-state index in [0.29, 0.717) is 67.1 Å². The van der Waals surface area contributed by atoms with Crippen LogP contribution in [-0.2, 0) is 4.79 Å². The summed E-state index contributed by atoms with van der Waals surface area (Å²) >= 11 is 6.05. The molecule has 2 amide bonds. The lowest BCUT2D eigenvalue weighted by molar-refractivity contribution is -0.118. The van der Waals surface area contributed by atoms with Crippen LogP contribution in [0.1, 0.15) is 22.8 Å². The highest BCUT2D eigenvalue weighted by atomic mass is 35.5. The van der Waals surface area contributed by atoms with Gasteiger partial charge in [-0.05, 0) is 48.5 Å². The maximum absolute atomic E-state index is 12.9. The third-order valence-electron chi connectivity index (χ3n) is 5.77. The number of piperazine rings is 1. The number of nitrogens with one attached hydrogen (secondary N) is 2. The van der Waals surface area contributed by atoms with E-state index in [1.807, 2.05) is 23.1 Å². The van der Waals surface area contributed by atoms with Crippen LogP contribution in [-0.4, -0.2) is 66.0 Å². The van der Waals surface area contributed by atoms with Crippen molar-refractivity contribution in [2.45, 2.75) is 6.92 Å². The van der Waals surface area contributed by atoms with Crippen LogP contribution >= 0.6 is 11.6 Å². The van der Waals surface area contributed by atoms with Crippen LogP contribution in [0.15, 0.2) is 54.6 Å². The molecule has 0 radical (unpaired) electrons. The minimum atomic E-state index is -0.0875. The first-order chi connectivity index (χ1) is 17.4. The van der Waals surface area contributed by atoms with Crippen LogP contribution in [0.25, 0.3) is 11.4 Å². The average molecular weight is 504 g/mol. The summed E-state index contributed by atoms with van der Waals surface area (Å²) < 4.78 is 0. The number of amides is 2. The van der Waals surface area contributed by atoms with E-state index in [9.17, 15) is 9.59 Å². The summed E-state index contributed by atoms with van der Waals surface area (Å²) in [6.07, 6.45) is 0. The molecule has 1 aliphatic rings. The molecule has 0 saturated carbocycles. The van der Waals surface area contributed by atoms with Gasteiger partial charge in [-0.2, -0.15) is 5.26 Å². The van der Waals surface area contributed by atoms with Gasteiger partial charge in [0.15, 0.2) is 5.82 Å². The van der Waals surface area contributed by atoms with Gasteiger partial charge in [0.1, 0.15) is 11.6 Å². The van der Waals surface area contributed by atoms with Crippen molar-refractivity contribution in [1.82, 2.24) is 20.2 Å². The van der Waals surface area contributed by atoms with E-state index in [0.717, 1.165) is 11.4 Å². The molecule has 184 valence electrons. The largest absolute Gasteiger partial charge is 0.368 e. The molecule has 1 fully saturated rings. The summed E-state index contributed by atoms with van der Waals surface area (Å²) in [6.45, 7) is 4.79. The average Bonchev–Trinajstić information content (AvgIpc) is 2.91. The summed E-state index contributed by atoms with van der Waals surface area (Å²) in [5.74, 6) is 1.82. The van der Waals surface area contributed by atoms with Crippen molar-refractivity contribution in [3.8, 4) is 17.5 Å².